The third-order valence-corrected chi connectivity index (χ3v) is 1.76. The minimum Gasteiger partial charge on any atom is -0.252 e. The Labute approximate surface area is 88.9 Å². The molecule has 0 aliphatic carbocycles. The van der Waals surface area contributed by atoms with Crippen LogP contribution in [0.2, 0.25) is 0 Å². The van der Waals surface area contributed by atoms with Crippen LogP contribution in [0.1, 0.15) is 5.56 Å². The van der Waals surface area contributed by atoms with Crippen molar-refractivity contribution in [1.82, 2.24) is 0 Å². The van der Waals surface area contributed by atoms with Gasteiger partial charge in [-0.25, -0.2) is 0 Å². The molecule has 4 nitrogen and oxygen atoms in total. The third kappa shape index (κ3) is 3.09. The lowest BCUT2D eigenvalue weighted by atomic mass is 10.2. The first-order valence-electron chi connectivity index (χ1n) is 4.36. The van der Waals surface area contributed by atoms with Crippen molar-refractivity contribution in [3.8, 4) is 6.07 Å². The number of nitrogens with zero attached hydrogens (tertiary/aromatic N) is 2. The number of anilines is 1. The van der Waals surface area contributed by atoms with Crippen LogP contribution in [0.3, 0.4) is 0 Å². The highest BCUT2D eigenvalue weighted by atomic mass is 16.9. The van der Waals surface area contributed by atoms with E-state index in [1.54, 1.807) is 6.08 Å². The van der Waals surface area contributed by atoms with Crippen LogP contribution in [0.4, 0.5) is 5.69 Å². The van der Waals surface area contributed by atoms with Crippen LogP contribution in [-0.4, -0.2) is 14.2 Å². The Hall–Kier alpha value is -1.83. The zero-order valence-corrected chi connectivity index (χ0v) is 8.68. The van der Waals surface area contributed by atoms with Gasteiger partial charge in [-0.2, -0.15) is 5.26 Å². The van der Waals surface area contributed by atoms with Gasteiger partial charge >= 0.3 is 0 Å². The summed E-state index contributed by atoms with van der Waals surface area (Å²) in [6.45, 7) is 0. The van der Waals surface area contributed by atoms with Crippen LogP contribution in [-0.2, 0) is 9.68 Å². The summed E-state index contributed by atoms with van der Waals surface area (Å²) in [6, 6.07) is 9.38. The lowest BCUT2D eigenvalue weighted by Crippen LogP contribution is -2.19. The summed E-state index contributed by atoms with van der Waals surface area (Å²) in [5.41, 5.74) is 1.67. The maximum absolute atomic E-state index is 8.40. The molecule has 15 heavy (non-hydrogen) atoms. The standard InChI is InChI=1S/C11H12N2O2/c1-14-13(15-2)11-7-3-5-10(9-11)6-4-8-12/h3-7,9H,1-2H3/b6-4+. The second-order valence-corrected chi connectivity index (χ2v) is 2.68. The first-order valence-corrected chi connectivity index (χ1v) is 4.36. The van der Waals surface area contributed by atoms with Crippen LogP contribution in [0, 0.1) is 11.3 Å². The number of nitriles is 1. The molecule has 0 aromatic heterocycles. The van der Waals surface area contributed by atoms with Crippen molar-refractivity contribution in [1.29, 1.82) is 5.26 Å². The van der Waals surface area contributed by atoms with Crippen LogP contribution in [0.25, 0.3) is 6.08 Å². The monoisotopic (exact) mass is 204 g/mol. The number of benzene rings is 1. The molecule has 0 atom stereocenters. The van der Waals surface area contributed by atoms with Crippen molar-refractivity contribution < 1.29 is 9.68 Å². The van der Waals surface area contributed by atoms with Crippen molar-refractivity contribution in [2.75, 3.05) is 19.4 Å². The SMILES string of the molecule is CON(OC)c1cccc(/C=C/C#N)c1. The van der Waals surface area contributed by atoms with Crippen molar-refractivity contribution in [2.45, 2.75) is 0 Å². The first kappa shape index (κ1) is 11.2. The second kappa shape index (κ2) is 5.81. The van der Waals surface area contributed by atoms with E-state index in [4.69, 9.17) is 14.9 Å². The predicted octanol–water partition coefficient (Wildman–Crippen LogP) is 2.15. The van der Waals surface area contributed by atoms with Gasteiger partial charge in [-0.3, -0.25) is 9.68 Å². The Morgan fingerprint density at radius 3 is 2.67 bits per heavy atom. The van der Waals surface area contributed by atoms with Gasteiger partial charge in [-0.15, -0.1) is 5.23 Å². The fourth-order valence-corrected chi connectivity index (χ4v) is 1.16. The Kier molecular flexibility index (Phi) is 4.35. The van der Waals surface area contributed by atoms with Gasteiger partial charge < -0.3 is 0 Å². The summed E-state index contributed by atoms with van der Waals surface area (Å²) in [6.07, 6.45) is 3.13. The van der Waals surface area contributed by atoms with Crippen LogP contribution < -0.4 is 5.23 Å². The fourth-order valence-electron chi connectivity index (χ4n) is 1.16. The Morgan fingerprint density at radius 2 is 2.07 bits per heavy atom. The molecule has 0 saturated carbocycles. The van der Waals surface area contributed by atoms with Crippen LogP contribution in [0.5, 0.6) is 0 Å². The first-order chi connectivity index (χ1) is 7.31. The van der Waals surface area contributed by atoms with E-state index in [1.165, 1.54) is 25.5 Å². The van der Waals surface area contributed by atoms with E-state index in [9.17, 15) is 0 Å². The molecule has 0 amide bonds. The van der Waals surface area contributed by atoms with E-state index in [0.29, 0.717) is 0 Å². The van der Waals surface area contributed by atoms with Gasteiger partial charge in [0.1, 0.15) is 0 Å². The summed E-state index contributed by atoms with van der Waals surface area (Å²) < 4.78 is 0. The minimum atomic E-state index is 0.764. The molecule has 0 N–H and O–H groups in total. The average Bonchev–Trinajstić information content (AvgIpc) is 2.29. The van der Waals surface area contributed by atoms with Crippen LogP contribution >= 0.6 is 0 Å². The Morgan fingerprint density at radius 1 is 1.33 bits per heavy atom. The summed E-state index contributed by atoms with van der Waals surface area (Å²) >= 11 is 0. The molecule has 0 unspecified atom stereocenters. The van der Waals surface area contributed by atoms with E-state index in [-0.39, 0.29) is 0 Å². The largest absolute Gasteiger partial charge is 0.252 e. The molecule has 0 saturated heterocycles. The van der Waals surface area contributed by atoms with Crippen molar-refractivity contribution >= 4 is 11.8 Å². The van der Waals surface area contributed by atoms with Gasteiger partial charge in [-0.1, -0.05) is 12.1 Å². The molecule has 0 aliphatic heterocycles. The molecule has 1 aromatic carbocycles. The minimum absolute atomic E-state index is 0.764. The maximum Gasteiger partial charge on any atom is 0.0953 e. The van der Waals surface area contributed by atoms with Gasteiger partial charge in [0.05, 0.1) is 26.0 Å². The molecule has 0 bridgehead atoms. The van der Waals surface area contributed by atoms with Crippen LogP contribution in [0.15, 0.2) is 30.3 Å². The van der Waals surface area contributed by atoms with E-state index in [1.807, 2.05) is 30.3 Å². The Balaban J connectivity index is 2.92. The van der Waals surface area contributed by atoms with Crippen molar-refractivity contribution in [3.63, 3.8) is 0 Å². The van der Waals surface area contributed by atoms with Gasteiger partial charge in [-0.05, 0) is 23.8 Å². The predicted molar refractivity (Wildman–Crippen MR) is 57.6 cm³/mol. The normalized spacial score (nSPS) is 10.2. The number of allylic oxidation sites excluding steroid dienone is 1. The molecule has 0 fully saturated rings. The molecule has 4 heteroatoms. The highest BCUT2D eigenvalue weighted by molar-refractivity contribution is 5.58. The zero-order chi connectivity index (χ0) is 11.1. The van der Waals surface area contributed by atoms with Gasteiger partial charge in [0, 0.05) is 6.08 Å². The summed E-state index contributed by atoms with van der Waals surface area (Å²) in [7, 11) is 3.03. The smallest absolute Gasteiger partial charge is 0.0953 e. The average molecular weight is 204 g/mol. The molecule has 1 aromatic rings. The third-order valence-electron chi connectivity index (χ3n) is 1.76. The Bertz CT molecular complexity index is 378. The van der Waals surface area contributed by atoms with E-state index < -0.39 is 0 Å². The molecule has 78 valence electrons. The zero-order valence-electron chi connectivity index (χ0n) is 8.68. The molecular formula is C11H12N2O2. The fraction of sp³-hybridized carbons (Fsp3) is 0.182. The van der Waals surface area contributed by atoms with Crippen molar-refractivity contribution in [2.24, 2.45) is 0 Å². The van der Waals surface area contributed by atoms with Crippen molar-refractivity contribution in [3.05, 3.63) is 35.9 Å². The maximum atomic E-state index is 8.40. The highest BCUT2D eigenvalue weighted by Gasteiger charge is 2.03. The number of rotatable bonds is 4. The molecule has 0 spiro atoms. The number of hydrogen-bond donors (Lipinski definition) is 0. The topological polar surface area (TPSA) is 45.5 Å². The number of hydrogen-bond acceptors (Lipinski definition) is 4. The van der Waals surface area contributed by atoms with Gasteiger partial charge in [0.25, 0.3) is 0 Å². The second-order valence-electron chi connectivity index (χ2n) is 2.68. The molecule has 0 radical (unpaired) electrons. The summed E-state index contributed by atoms with van der Waals surface area (Å²) in [4.78, 5) is 9.93. The highest BCUT2D eigenvalue weighted by Crippen LogP contribution is 2.17. The van der Waals surface area contributed by atoms with E-state index in [2.05, 4.69) is 0 Å². The summed E-state index contributed by atoms with van der Waals surface area (Å²) in [5.74, 6) is 0. The van der Waals surface area contributed by atoms with E-state index >= 15 is 0 Å². The lowest BCUT2D eigenvalue weighted by molar-refractivity contribution is -0.0433. The molecular weight excluding hydrogens is 192 g/mol. The summed E-state index contributed by atoms with van der Waals surface area (Å²) in [5, 5.41) is 9.68. The molecule has 1 rings (SSSR count). The van der Waals surface area contributed by atoms with E-state index in [0.717, 1.165) is 11.3 Å². The quantitative estimate of drug-likeness (QED) is 0.557. The molecule has 0 heterocycles. The van der Waals surface area contributed by atoms with Gasteiger partial charge in [0.15, 0.2) is 0 Å². The molecule has 0 aliphatic rings. The van der Waals surface area contributed by atoms with Gasteiger partial charge in [0.2, 0.25) is 0 Å². The lowest BCUT2D eigenvalue weighted by Gasteiger charge is -2.18.